The number of benzene rings is 1. The van der Waals surface area contributed by atoms with Crippen LogP contribution in [0.1, 0.15) is 35.2 Å². The van der Waals surface area contributed by atoms with Gasteiger partial charge in [0.1, 0.15) is 11.6 Å². The highest BCUT2D eigenvalue weighted by atomic mass is 19.1. The molecule has 2 rings (SSSR count). The molecular formula is C13H14F2O2. The van der Waals surface area contributed by atoms with Gasteiger partial charge in [-0.25, -0.2) is 8.78 Å². The lowest BCUT2D eigenvalue weighted by Crippen LogP contribution is -2.15. The predicted octanol–water partition coefficient (Wildman–Crippen LogP) is 3.03. The van der Waals surface area contributed by atoms with E-state index in [9.17, 15) is 13.6 Å². The van der Waals surface area contributed by atoms with Crippen molar-refractivity contribution in [3.8, 4) is 0 Å². The average Bonchev–Trinajstić information content (AvgIpc) is 2.77. The van der Waals surface area contributed by atoms with E-state index < -0.39 is 23.0 Å². The summed E-state index contributed by atoms with van der Waals surface area (Å²) in [6.45, 7) is 2.13. The van der Waals surface area contributed by atoms with Gasteiger partial charge in [-0.2, -0.15) is 0 Å². The van der Waals surface area contributed by atoms with Crippen molar-refractivity contribution < 1.29 is 18.3 Å². The van der Waals surface area contributed by atoms with Crippen LogP contribution in [0.4, 0.5) is 8.78 Å². The van der Waals surface area contributed by atoms with Crippen LogP contribution in [-0.2, 0) is 4.74 Å². The monoisotopic (exact) mass is 240 g/mol. The number of halogens is 2. The quantitative estimate of drug-likeness (QED) is 0.759. The van der Waals surface area contributed by atoms with Crippen molar-refractivity contribution in [1.82, 2.24) is 0 Å². The molecule has 1 aliphatic rings. The van der Waals surface area contributed by atoms with Crippen LogP contribution in [0.15, 0.2) is 12.1 Å². The first-order chi connectivity index (χ1) is 8.09. The standard InChI is InChI=1S/C13H14F2O2/c1-8-4-5-10(14)12(13(8)15)11(16)7-9-3-2-6-17-9/h4-5,9H,2-3,6-7H2,1H3. The summed E-state index contributed by atoms with van der Waals surface area (Å²) in [4.78, 5) is 11.8. The number of hydrogen-bond donors (Lipinski definition) is 0. The van der Waals surface area contributed by atoms with E-state index in [1.54, 1.807) is 0 Å². The zero-order valence-corrected chi connectivity index (χ0v) is 9.63. The maximum absolute atomic E-state index is 13.7. The Morgan fingerprint density at radius 3 is 2.88 bits per heavy atom. The Hall–Kier alpha value is -1.29. The van der Waals surface area contributed by atoms with E-state index >= 15 is 0 Å². The molecule has 1 atom stereocenters. The van der Waals surface area contributed by atoms with Crippen LogP contribution in [0.2, 0.25) is 0 Å². The van der Waals surface area contributed by atoms with Gasteiger partial charge in [0.15, 0.2) is 5.78 Å². The van der Waals surface area contributed by atoms with Crippen LogP contribution in [0.25, 0.3) is 0 Å². The zero-order chi connectivity index (χ0) is 12.4. The second-order valence-electron chi connectivity index (χ2n) is 4.32. The molecule has 0 bridgehead atoms. The molecule has 1 aliphatic heterocycles. The molecule has 1 aromatic carbocycles. The van der Waals surface area contributed by atoms with Gasteiger partial charge in [-0.3, -0.25) is 4.79 Å². The predicted molar refractivity (Wildman–Crippen MR) is 59.0 cm³/mol. The largest absolute Gasteiger partial charge is 0.378 e. The molecule has 2 nitrogen and oxygen atoms in total. The molecule has 0 aromatic heterocycles. The Kier molecular flexibility index (Phi) is 3.52. The number of rotatable bonds is 3. The second kappa shape index (κ2) is 4.92. The SMILES string of the molecule is Cc1ccc(F)c(C(=O)CC2CCCO2)c1F. The highest BCUT2D eigenvalue weighted by Crippen LogP contribution is 2.22. The number of carbonyl (C=O) groups excluding carboxylic acids is 1. The van der Waals surface area contributed by atoms with Gasteiger partial charge in [0.2, 0.25) is 0 Å². The molecule has 4 heteroatoms. The maximum atomic E-state index is 13.7. The van der Waals surface area contributed by atoms with Crippen molar-refractivity contribution in [2.75, 3.05) is 6.61 Å². The number of aryl methyl sites for hydroxylation is 1. The lowest BCUT2D eigenvalue weighted by molar-refractivity contribution is 0.0769. The summed E-state index contributed by atoms with van der Waals surface area (Å²) in [6, 6.07) is 2.45. The Balaban J connectivity index is 2.21. The van der Waals surface area contributed by atoms with Crippen LogP contribution in [0, 0.1) is 18.6 Å². The zero-order valence-electron chi connectivity index (χ0n) is 9.63. The lowest BCUT2D eigenvalue weighted by atomic mass is 10.0. The Morgan fingerprint density at radius 1 is 1.47 bits per heavy atom. The van der Waals surface area contributed by atoms with Crippen molar-refractivity contribution in [3.63, 3.8) is 0 Å². The fourth-order valence-electron chi connectivity index (χ4n) is 2.03. The van der Waals surface area contributed by atoms with E-state index in [2.05, 4.69) is 0 Å². The summed E-state index contributed by atoms with van der Waals surface area (Å²) in [5.41, 5.74) is -0.150. The third-order valence-corrected chi connectivity index (χ3v) is 3.00. The topological polar surface area (TPSA) is 26.3 Å². The Bertz CT molecular complexity index is 437. The minimum Gasteiger partial charge on any atom is -0.378 e. The highest BCUT2D eigenvalue weighted by molar-refractivity contribution is 5.97. The molecule has 0 spiro atoms. The molecular weight excluding hydrogens is 226 g/mol. The van der Waals surface area contributed by atoms with Gasteiger partial charge in [-0.1, -0.05) is 6.07 Å². The summed E-state index contributed by atoms with van der Waals surface area (Å²) in [6.07, 6.45) is 1.54. The van der Waals surface area contributed by atoms with Crippen LogP contribution in [-0.4, -0.2) is 18.5 Å². The summed E-state index contributed by atoms with van der Waals surface area (Å²) in [5, 5.41) is 0. The van der Waals surface area contributed by atoms with Crippen molar-refractivity contribution in [2.24, 2.45) is 0 Å². The summed E-state index contributed by atoms with van der Waals surface area (Å²) >= 11 is 0. The molecule has 17 heavy (non-hydrogen) atoms. The number of ether oxygens (including phenoxy) is 1. The van der Waals surface area contributed by atoms with Gasteiger partial charge in [-0.15, -0.1) is 0 Å². The highest BCUT2D eigenvalue weighted by Gasteiger charge is 2.24. The van der Waals surface area contributed by atoms with E-state index in [0.29, 0.717) is 6.61 Å². The van der Waals surface area contributed by atoms with E-state index in [-0.39, 0.29) is 18.1 Å². The van der Waals surface area contributed by atoms with Gasteiger partial charge in [-0.05, 0) is 31.4 Å². The fraction of sp³-hybridized carbons (Fsp3) is 0.462. The molecule has 1 unspecified atom stereocenters. The first kappa shape index (κ1) is 12.2. The van der Waals surface area contributed by atoms with Crippen LogP contribution < -0.4 is 0 Å². The molecule has 0 amide bonds. The molecule has 1 fully saturated rings. The normalized spacial score (nSPS) is 19.6. The van der Waals surface area contributed by atoms with E-state index in [1.165, 1.54) is 13.0 Å². The molecule has 0 saturated carbocycles. The fourth-order valence-corrected chi connectivity index (χ4v) is 2.03. The van der Waals surface area contributed by atoms with E-state index in [4.69, 9.17) is 4.74 Å². The van der Waals surface area contributed by atoms with Crippen molar-refractivity contribution in [2.45, 2.75) is 32.3 Å². The summed E-state index contributed by atoms with van der Waals surface area (Å²) in [7, 11) is 0. The van der Waals surface area contributed by atoms with Gasteiger partial charge in [0.05, 0.1) is 11.7 Å². The Labute approximate surface area is 98.6 Å². The third-order valence-electron chi connectivity index (χ3n) is 3.00. The van der Waals surface area contributed by atoms with Crippen LogP contribution in [0.5, 0.6) is 0 Å². The molecule has 1 saturated heterocycles. The smallest absolute Gasteiger partial charge is 0.171 e. The van der Waals surface area contributed by atoms with Gasteiger partial charge in [0, 0.05) is 13.0 Å². The van der Waals surface area contributed by atoms with E-state index in [1.807, 2.05) is 0 Å². The van der Waals surface area contributed by atoms with Crippen LogP contribution in [0.3, 0.4) is 0 Å². The van der Waals surface area contributed by atoms with Crippen molar-refractivity contribution in [3.05, 3.63) is 34.9 Å². The number of hydrogen-bond acceptors (Lipinski definition) is 2. The molecule has 1 aromatic rings. The minimum absolute atomic E-state index is 0.0529. The third kappa shape index (κ3) is 2.52. The van der Waals surface area contributed by atoms with Crippen LogP contribution >= 0.6 is 0 Å². The molecule has 1 heterocycles. The number of carbonyl (C=O) groups is 1. The first-order valence-electron chi connectivity index (χ1n) is 5.69. The maximum Gasteiger partial charge on any atom is 0.171 e. The lowest BCUT2D eigenvalue weighted by Gasteiger charge is -2.10. The Morgan fingerprint density at radius 2 is 2.24 bits per heavy atom. The van der Waals surface area contributed by atoms with Gasteiger partial charge in [0.25, 0.3) is 0 Å². The van der Waals surface area contributed by atoms with Crippen molar-refractivity contribution in [1.29, 1.82) is 0 Å². The first-order valence-corrected chi connectivity index (χ1v) is 5.69. The van der Waals surface area contributed by atoms with Gasteiger partial charge < -0.3 is 4.74 Å². The molecule has 0 aliphatic carbocycles. The second-order valence-corrected chi connectivity index (χ2v) is 4.32. The van der Waals surface area contributed by atoms with E-state index in [0.717, 1.165) is 18.9 Å². The number of ketones is 1. The summed E-state index contributed by atoms with van der Waals surface area (Å²) < 4.78 is 32.4. The minimum atomic E-state index is -0.795. The molecule has 92 valence electrons. The van der Waals surface area contributed by atoms with Crippen molar-refractivity contribution >= 4 is 5.78 Å². The molecule has 0 radical (unpaired) electrons. The summed E-state index contributed by atoms with van der Waals surface area (Å²) in [5.74, 6) is -2.07. The average molecular weight is 240 g/mol. The van der Waals surface area contributed by atoms with Gasteiger partial charge >= 0.3 is 0 Å². The molecule has 0 N–H and O–H groups in total. The number of Topliss-reactive ketones (excluding diaryl/α,β-unsaturated/α-hetero) is 1.